The molecule has 1 aromatic heterocycles. The van der Waals surface area contributed by atoms with Crippen molar-refractivity contribution in [2.24, 2.45) is 11.8 Å². The first kappa shape index (κ1) is 20.1. The number of amides is 1. The Balaban J connectivity index is 2.02. The highest BCUT2D eigenvalue weighted by atomic mass is 19.4. The summed E-state index contributed by atoms with van der Waals surface area (Å²) >= 11 is 0. The van der Waals surface area contributed by atoms with Crippen LogP contribution in [-0.2, 0) is 6.18 Å². The Bertz CT molecular complexity index is 942. The van der Waals surface area contributed by atoms with Crippen LogP contribution in [0.2, 0.25) is 0 Å². The third-order valence-corrected chi connectivity index (χ3v) is 4.88. The summed E-state index contributed by atoms with van der Waals surface area (Å²) in [5.41, 5.74) is -1.14. The van der Waals surface area contributed by atoms with Gasteiger partial charge < -0.3 is 4.90 Å². The van der Waals surface area contributed by atoms with Crippen molar-refractivity contribution in [2.45, 2.75) is 33.4 Å². The highest BCUT2D eigenvalue weighted by Gasteiger charge is 2.31. The van der Waals surface area contributed by atoms with Gasteiger partial charge in [-0.1, -0.05) is 19.9 Å². The minimum atomic E-state index is -4.50. The zero-order valence-corrected chi connectivity index (χ0v) is 16.0. The third kappa shape index (κ3) is 4.10. The average molecular weight is 393 g/mol. The molecule has 3 rings (SSSR count). The molecule has 2 heterocycles. The van der Waals surface area contributed by atoms with Crippen molar-refractivity contribution in [2.75, 3.05) is 13.1 Å². The molecule has 2 atom stereocenters. The first-order valence-corrected chi connectivity index (χ1v) is 9.14. The van der Waals surface area contributed by atoms with E-state index in [0.717, 1.165) is 18.6 Å². The SMILES string of the molecule is Cc1cc(=O)c(C(=O)N2C[C@H](C)C[C@H](C)C2)nn1-c1cccc(C(F)(F)F)c1. The van der Waals surface area contributed by atoms with E-state index in [1.807, 2.05) is 13.8 Å². The van der Waals surface area contributed by atoms with Crippen LogP contribution in [0.25, 0.3) is 5.69 Å². The van der Waals surface area contributed by atoms with Crippen LogP contribution in [-0.4, -0.2) is 33.7 Å². The normalized spacial score (nSPS) is 20.3. The molecule has 1 aliphatic rings. The van der Waals surface area contributed by atoms with Gasteiger partial charge in [-0.25, -0.2) is 4.68 Å². The molecular weight excluding hydrogens is 371 g/mol. The highest BCUT2D eigenvalue weighted by molar-refractivity contribution is 5.92. The number of hydrogen-bond acceptors (Lipinski definition) is 3. The molecule has 5 nitrogen and oxygen atoms in total. The lowest BCUT2D eigenvalue weighted by Gasteiger charge is -2.34. The number of rotatable bonds is 2. The number of carbonyl (C=O) groups excluding carboxylic acids is 1. The molecule has 0 spiro atoms. The molecule has 1 fully saturated rings. The largest absolute Gasteiger partial charge is 0.416 e. The van der Waals surface area contributed by atoms with E-state index in [1.54, 1.807) is 11.8 Å². The number of carbonyl (C=O) groups is 1. The molecule has 1 saturated heterocycles. The monoisotopic (exact) mass is 393 g/mol. The summed E-state index contributed by atoms with van der Waals surface area (Å²) < 4.78 is 40.3. The fourth-order valence-electron chi connectivity index (χ4n) is 3.75. The average Bonchev–Trinajstić information content (AvgIpc) is 2.60. The minimum absolute atomic E-state index is 0.141. The van der Waals surface area contributed by atoms with Crippen LogP contribution in [0.4, 0.5) is 13.2 Å². The van der Waals surface area contributed by atoms with Crippen molar-refractivity contribution in [1.29, 1.82) is 0 Å². The summed E-state index contributed by atoms with van der Waals surface area (Å²) in [4.78, 5) is 26.9. The number of alkyl halides is 3. The Morgan fingerprint density at radius 1 is 1.14 bits per heavy atom. The molecule has 0 radical (unpaired) electrons. The van der Waals surface area contributed by atoms with Crippen molar-refractivity contribution >= 4 is 5.91 Å². The predicted octanol–water partition coefficient (Wildman–Crippen LogP) is 3.68. The number of piperidine rings is 1. The molecule has 1 amide bonds. The zero-order chi connectivity index (χ0) is 20.6. The second-order valence-electron chi connectivity index (χ2n) is 7.61. The second-order valence-corrected chi connectivity index (χ2v) is 7.61. The Hall–Kier alpha value is -2.64. The van der Waals surface area contributed by atoms with E-state index >= 15 is 0 Å². The van der Waals surface area contributed by atoms with Gasteiger partial charge in [0.25, 0.3) is 5.91 Å². The maximum atomic E-state index is 13.0. The van der Waals surface area contributed by atoms with Crippen LogP contribution in [0.1, 0.15) is 42.0 Å². The van der Waals surface area contributed by atoms with Gasteiger partial charge in [0.1, 0.15) is 0 Å². The van der Waals surface area contributed by atoms with E-state index in [4.69, 9.17) is 0 Å². The lowest BCUT2D eigenvalue weighted by atomic mass is 9.92. The fraction of sp³-hybridized carbons (Fsp3) is 0.450. The summed E-state index contributed by atoms with van der Waals surface area (Å²) in [6.45, 7) is 6.70. The molecule has 1 aromatic carbocycles. The van der Waals surface area contributed by atoms with Crippen molar-refractivity contribution in [1.82, 2.24) is 14.7 Å². The summed E-state index contributed by atoms with van der Waals surface area (Å²) in [6, 6.07) is 5.87. The summed E-state index contributed by atoms with van der Waals surface area (Å²) in [5.74, 6) is 0.136. The van der Waals surface area contributed by atoms with E-state index in [0.29, 0.717) is 30.6 Å². The van der Waals surface area contributed by atoms with Gasteiger partial charge in [0, 0.05) is 24.8 Å². The molecule has 150 valence electrons. The quantitative estimate of drug-likeness (QED) is 0.782. The van der Waals surface area contributed by atoms with Gasteiger partial charge in [0.15, 0.2) is 5.69 Å². The number of hydrogen-bond donors (Lipinski definition) is 0. The molecule has 0 unspecified atom stereocenters. The van der Waals surface area contributed by atoms with Crippen molar-refractivity contribution < 1.29 is 18.0 Å². The molecule has 28 heavy (non-hydrogen) atoms. The van der Waals surface area contributed by atoms with Gasteiger partial charge in [0.2, 0.25) is 5.43 Å². The van der Waals surface area contributed by atoms with Crippen LogP contribution < -0.4 is 5.43 Å². The number of halogens is 3. The van der Waals surface area contributed by atoms with Crippen LogP contribution in [0.15, 0.2) is 35.1 Å². The molecular formula is C20H22F3N3O2. The van der Waals surface area contributed by atoms with E-state index < -0.39 is 23.1 Å². The van der Waals surface area contributed by atoms with Gasteiger partial charge in [-0.3, -0.25) is 9.59 Å². The van der Waals surface area contributed by atoms with Gasteiger partial charge in [-0.15, -0.1) is 0 Å². The number of benzene rings is 1. The van der Waals surface area contributed by atoms with Crippen LogP contribution in [0.5, 0.6) is 0 Å². The molecule has 2 aromatic rings. The molecule has 0 bridgehead atoms. The fourth-order valence-corrected chi connectivity index (χ4v) is 3.75. The van der Waals surface area contributed by atoms with Gasteiger partial charge in [0.05, 0.1) is 11.3 Å². The molecule has 0 N–H and O–H groups in total. The van der Waals surface area contributed by atoms with Crippen LogP contribution in [0.3, 0.4) is 0 Å². The number of aryl methyl sites for hydroxylation is 1. The van der Waals surface area contributed by atoms with Crippen molar-refractivity contribution in [3.63, 3.8) is 0 Å². The standard InChI is InChI=1S/C20H22F3N3O2/c1-12-7-13(2)11-25(10-12)19(28)18-17(27)8-14(3)26(24-18)16-6-4-5-15(9-16)20(21,22)23/h4-6,8-9,12-13H,7,10-11H2,1-3H3/t12-,13+. The maximum absolute atomic E-state index is 13.0. The van der Waals surface area contributed by atoms with E-state index in [-0.39, 0.29) is 11.4 Å². The Labute approximate surface area is 160 Å². The summed E-state index contributed by atoms with van der Waals surface area (Å²) in [6.07, 6.45) is -3.50. The zero-order valence-electron chi connectivity index (χ0n) is 16.0. The number of nitrogens with zero attached hydrogens (tertiary/aromatic N) is 3. The Morgan fingerprint density at radius 2 is 1.79 bits per heavy atom. The number of aromatic nitrogens is 2. The molecule has 0 saturated carbocycles. The van der Waals surface area contributed by atoms with Crippen LogP contribution >= 0.6 is 0 Å². The number of likely N-dealkylation sites (tertiary alicyclic amines) is 1. The smallest absolute Gasteiger partial charge is 0.337 e. The molecule has 0 aliphatic carbocycles. The van der Waals surface area contributed by atoms with Gasteiger partial charge in [-0.05, 0) is 43.4 Å². The van der Waals surface area contributed by atoms with Crippen molar-refractivity contribution in [3.8, 4) is 5.69 Å². The lowest BCUT2D eigenvalue weighted by molar-refractivity contribution is -0.137. The predicted molar refractivity (Wildman–Crippen MR) is 98.4 cm³/mol. The topological polar surface area (TPSA) is 55.2 Å². The van der Waals surface area contributed by atoms with E-state index in [1.165, 1.54) is 22.9 Å². The Morgan fingerprint density at radius 3 is 2.39 bits per heavy atom. The molecule has 8 heteroatoms. The summed E-state index contributed by atoms with van der Waals surface area (Å²) in [7, 11) is 0. The van der Waals surface area contributed by atoms with E-state index in [2.05, 4.69) is 5.10 Å². The van der Waals surface area contributed by atoms with E-state index in [9.17, 15) is 22.8 Å². The summed E-state index contributed by atoms with van der Waals surface area (Å²) in [5, 5.41) is 4.14. The van der Waals surface area contributed by atoms with Crippen LogP contribution in [0, 0.1) is 18.8 Å². The second kappa shape index (κ2) is 7.41. The third-order valence-electron chi connectivity index (χ3n) is 4.88. The molecule has 1 aliphatic heterocycles. The lowest BCUT2D eigenvalue weighted by Crippen LogP contribution is -2.44. The first-order valence-electron chi connectivity index (χ1n) is 9.14. The first-order chi connectivity index (χ1) is 13.1. The van der Waals surface area contributed by atoms with Crippen molar-refractivity contribution in [3.05, 3.63) is 57.5 Å². The maximum Gasteiger partial charge on any atom is 0.416 e. The highest BCUT2D eigenvalue weighted by Crippen LogP contribution is 2.30. The minimum Gasteiger partial charge on any atom is -0.337 e. The Kier molecular flexibility index (Phi) is 5.32. The van der Waals surface area contributed by atoms with Gasteiger partial charge >= 0.3 is 6.18 Å². The van der Waals surface area contributed by atoms with Gasteiger partial charge in [-0.2, -0.15) is 18.3 Å².